The second-order valence-electron chi connectivity index (χ2n) is 4.17. The van der Waals surface area contributed by atoms with E-state index in [1.54, 1.807) is 0 Å². The van der Waals surface area contributed by atoms with Gasteiger partial charge in [0.15, 0.2) is 0 Å². The van der Waals surface area contributed by atoms with Crippen molar-refractivity contribution in [1.29, 1.82) is 0 Å². The number of unbranched alkanes of at least 4 members (excludes halogenated alkanes) is 1. The summed E-state index contributed by atoms with van der Waals surface area (Å²) in [4.78, 5) is 0. The second-order valence-corrected chi connectivity index (χ2v) is 4.17. The molecule has 0 aromatic heterocycles. The van der Waals surface area contributed by atoms with E-state index in [1.165, 1.54) is 12.8 Å². The van der Waals surface area contributed by atoms with Crippen LogP contribution in [0.25, 0.3) is 0 Å². The number of rotatable bonds is 7. The molecule has 0 bridgehead atoms. The first-order chi connectivity index (χ1) is 7.36. The van der Waals surface area contributed by atoms with Crippen molar-refractivity contribution < 1.29 is 4.74 Å². The van der Waals surface area contributed by atoms with Gasteiger partial charge in [-0.15, -0.1) is 12.3 Å². The summed E-state index contributed by atoms with van der Waals surface area (Å²) < 4.78 is 5.57. The molecule has 0 aromatic carbocycles. The molecule has 3 heteroatoms. The summed E-state index contributed by atoms with van der Waals surface area (Å²) in [7, 11) is 0. The summed E-state index contributed by atoms with van der Waals surface area (Å²) in [5.41, 5.74) is 2.86. The van der Waals surface area contributed by atoms with Gasteiger partial charge >= 0.3 is 0 Å². The Labute approximate surface area is 92.7 Å². The molecule has 15 heavy (non-hydrogen) atoms. The van der Waals surface area contributed by atoms with Gasteiger partial charge in [0, 0.05) is 19.1 Å². The molecule has 1 fully saturated rings. The van der Waals surface area contributed by atoms with Crippen molar-refractivity contribution in [2.75, 3.05) is 6.61 Å². The molecule has 1 rings (SSSR count). The molecule has 1 aliphatic rings. The molecule has 1 saturated heterocycles. The van der Waals surface area contributed by atoms with E-state index in [2.05, 4.69) is 11.3 Å². The minimum absolute atomic E-state index is 0.391. The van der Waals surface area contributed by atoms with Crippen molar-refractivity contribution in [3.8, 4) is 12.3 Å². The molecule has 2 atom stereocenters. The first-order valence-electron chi connectivity index (χ1n) is 5.88. The van der Waals surface area contributed by atoms with Gasteiger partial charge in [-0.05, 0) is 38.5 Å². The minimum Gasteiger partial charge on any atom is -0.378 e. The van der Waals surface area contributed by atoms with E-state index in [0.717, 1.165) is 38.7 Å². The van der Waals surface area contributed by atoms with E-state index in [4.69, 9.17) is 17.0 Å². The van der Waals surface area contributed by atoms with Crippen LogP contribution in [-0.2, 0) is 4.74 Å². The molecule has 0 aliphatic carbocycles. The quantitative estimate of drug-likeness (QED) is 0.290. The zero-order valence-electron chi connectivity index (χ0n) is 9.37. The third-order valence-corrected chi connectivity index (χ3v) is 2.97. The van der Waals surface area contributed by atoms with Crippen molar-refractivity contribution in [3.63, 3.8) is 0 Å². The second kappa shape index (κ2) is 7.70. The third kappa shape index (κ3) is 5.17. The highest BCUT2D eigenvalue weighted by Gasteiger charge is 2.17. The fraction of sp³-hybridized carbons (Fsp3) is 0.833. The van der Waals surface area contributed by atoms with Gasteiger partial charge in [0.1, 0.15) is 0 Å². The highest BCUT2D eigenvalue weighted by Crippen LogP contribution is 2.18. The van der Waals surface area contributed by atoms with E-state index in [0.29, 0.717) is 12.1 Å². The highest BCUT2D eigenvalue weighted by molar-refractivity contribution is 4.83. The molecule has 1 heterocycles. The molecule has 0 saturated carbocycles. The van der Waals surface area contributed by atoms with E-state index in [-0.39, 0.29) is 0 Å². The van der Waals surface area contributed by atoms with Crippen LogP contribution in [0.3, 0.4) is 0 Å². The molecule has 0 aromatic rings. The first kappa shape index (κ1) is 12.5. The summed E-state index contributed by atoms with van der Waals surface area (Å²) in [6.45, 7) is 0.933. The van der Waals surface area contributed by atoms with E-state index >= 15 is 0 Å². The molecule has 1 aliphatic heterocycles. The highest BCUT2D eigenvalue weighted by atomic mass is 16.5. The Balaban J connectivity index is 2.07. The number of nitrogens with two attached hydrogens (primary N) is 1. The SMILES string of the molecule is C#CCCCC(CCC1CCCO1)NN. The molecular formula is C12H22N2O. The maximum atomic E-state index is 5.57. The minimum atomic E-state index is 0.391. The van der Waals surface area contributed by atoms with Crippen LogP contribution in [0.15, 0.2) is 0 Å². The maximum Gasteiger partial charge on any atom is 0.0576 e. The van der Waals surface area contributed by atoms with Gasteiger partial charge < -0.3 is 4.74 Å². The fourth-order valence-corrected chi connectivity index (χ4v) is 2.02. The van der Waals surface area contributed by atoms with Gasteiger partial charge in [-0.3, -0.25) is 11.3 Å². The standard InChI is InChI=1S/C12H22N2O/c1-2-3-4-6-11(14-13)8-9-12-7-5-10-15-12/h1,11-12,14H,3-10,13H2. The van der Waals surface area contributed by atoms with Crippen LogP contribution in [0.5, 0.6) is 0 Å². The molecule has 3 nitrogen and oxygen atoms in total. The lowest BCUT2D eigenvalue weighted by Crippen LogP contribution is -2.35. The van der Waals surface area contributed by atoms with Crippen LogP contribution in [0.4, 0.5) is 0 Å². The third-order valence-electron chi connectivity index (χ3n) is 2.97. The number of nitrogens with one attached hydrogen (secondary N) is 1. The predicted octanol–water partition coefficient (Wildman–Crippen LogP) is 1.58. The average Bonchev–Trinajstić information content (AvgIpc) is 2.76. The molecular weight excluding hydrogens is 188 g/mol. The van der Waals surface area contributed by atoms with Crippen molar-refractivity contribution in [2.24, 2.45) is 5.84 Å². The van der Waals surface area contributed by atoms with Crippen LogP contribution >= 0.6 is 0 Å². The van der Waals surface area contributed by atoms with E-state index in [1.807, 2.05) is 0 Å². The van der Waals surface area contributed by atoms with E-state index in [9.17, 15) is 0 Å². The zero-order chi connectivity index (χ0) is 10.9. The zero-order valence-corrected chi connectivity index (χ0v) is 9.37. The summed E-state index contributed by atoms with van der Waals surface area (Å²) in [5, 5.41) is 0. The largest absolute Gasteiger partial charge is 0.378 e. The smallest absolute Gasteiger partial charge is 0.0576 e. The van der Waals surface area contributed by atoms with Crippen molar-refractivity contribution in [2.45, 2.75) is 57.1 Å². The summed E-state index contributed by atoms with van der Waals surface area (Å²) >= 11 is 0. The molecule has 0 amide bonds. The van der Waals surface area contributed by atoms with Gasteiger partial charge in [0.05, 0.1) is 6.10 Å². The average molecular weight is 210 g/mol. The maximum absolute atomic E-state index is 5.57. The van der Waals surface area contributed by atoms with Crippen LogP contribution in [0, 0.1) is 12.3 Å². The number of hydrogen-bond donors (Lipinski definition) is 2. The Morgan fingerprint density at radius 3 is 3.00 bits per heavy atom. The van der Waals surface area contributed by atoms with Gasteiger partial charge in [-0.2, -0.15) is 0 Å². The molecule has 3 N–H and O–H groups in total. The van der Waals surface area contributed by atoms with Crippen LogP contribution in [0.2, 0.25) is 0 Å². The summed E-state index contributed by atoms with van der Waals surface area (Å²) in [6.07, 6.45) is 13.3. The molecule has 2 unspecified atom stereocenters. The Morgan fingerprint density at radius 1 is 1.53 bits per heavy atom. The number of terminal acetylenes is 1. The van der Waals surface area contributed by atoms with Gasteiger partial charge in [-0.25, -0.2) is 0 Å². The van der Waals surface area contributed by atoms with Crippen LogP contribution in [0.1, 0.15) is 44.9 Å². The molecule has 0 spiro atoms. The lowest BCUT2D eigenvalue weighted by molar-refractivity contribution is 0.0992. The number of hydrogen-bond acceptors (Lipinski definition) is 3. The Kier molecular flexibility index (Phi) is 6.42. The summed E-state index contributed by atoms with van der Waals surface area (Å²) in [6, 6.07) is 0.391. The number of ether oxygens (including phenoxy) is 1. The van der Waals surface area contributed by atoms with Gasteiger partial charge in [0.25, 0.3) is 0 Å². The van der Waals surface area contributed by atoms with E-state index < -0.39 is 0 Å². The number of hydrazine groups is 1. The van der Waals surface area contributed by atoms with Crippen LogP contribution < -0.4 is 11.3 Å². The fourth-order valence-electron chi connectivity index (χ4n) is 2.02. The normalized spacial score (nSPS) is 22.5. The molecule has 86 valence electrons. The summed E-state index contributed by atoms with van der Waals surface area (Å²) in [5.74, 6) is 8.15. The van der Waals surface area contributed by atoms with Crippen molar-refractivity contribution in [1.82, 2.24) is 5.43 Å². The topological polar surface area (TPSA) is 47.3 Å². The van der Waals surface area contributed by atoms with Crippen molar-refractivity contribution in [3.05, 3.63) is 0 Å². The van der Waals surface area contributed by atoms with Crippen molar-refractivity contribution >= 4 is 0 Å². The Hall–Kier alpha value is -0.560. The van der Waals surface area contributed by atoms with Crippen LogP contribution in [-0.4, -0.2) is 18.8 Å². The van der Waals surface area contributed by atoms with Gasteiger partial charge in [0.2, 0.25) is 0 Å². The Bertz CT molecular complexity index is 194. The lowest BCUT2D eigenvalue weighted by atomic mass is 10.0. The molecule has 0 radical (unpaired) electrons. The van der Waals surface area contributed by atoms with Gasteiger partial charge in [-0.1, -0.05) is 0 Å². The predicted molar refractivity (Wildman–Crippen MR) is 62.0 cm³/mol. The first-order valence-corrected chi connectivity index (χ1v) is 5.88. The lowest BCUT2D eigenvalue weighted by Gasteiger charge is -2.17. The monoisotopic (exact) mass is 210 g/mol. The Morgan fingerprint density at radius 2 is 2.40 bits per heavy atom.